The fourth-order valence-electron chi connectivity index (χ4n) is 0.645. The van der Waals surface area contributed by atoms with Crippen molar-refractivity contribution in [1.29, 1.82) is 0 Å². The van der Waals surface area contributed by atoms with Gasteiger partial charge in [-0.15, -0.1) is 3.71 Å². The molecule has 0 saturated heterocycles. The maximum absolute atomic E-state index is 12.3. The molecule has 0 aliphatic heterocycles. The van der Waals surface area contributed by atoms with E-state index >= 15 is 0 Å². The molecule has 0 fully saturated rings. The molecule has 0 bridgehead atoms. The van der Waals surface area contributed by atoms with E-state index in [1.165, 1.54) is 0 Å². The Morgan fingerprint density at radius 3 is 2.13 bits per heavy atom. The summed E-state index contributed by atoms with van der Waals surface area (Å²) in [5, 5.41) is 0. The molecule has 0 unspecified atom stereocenters. The third-order valence-corrected chi connectivity index (χ3v) is 5.46. The first-order valence-corrected chi connectivity index (χ1v) is 7.20. The number of rotatable bonds is 5. The van der Waals surface area contributed by atoms with E-state index in [1.807, 2.05) is 0 Å². The average molecular weight is 317 g/mol. The molecule has 0 amide bonds. The first kappa shape index (κ1) is 15.8. The van der Waals surface area contributed by atoms with Gasteiger partial charge in [-0.3, -0.25) is 0 Å². The molecule has 0 rings (SSSR count). The highest BCUT2D eigenvalue weighted by Gasteiger charge is 2.27. The molecule has 0 heterocycles. The minimum absolute atomic E-state index is 0.121. The van der Waals surface area contributed by atoms with Gasteiger partial charge in [-0.2, -0.15) is 0 Å². The Labute approximate surface area is 108 Å². The zero-order valence-electron chi connectivity index (χ0n) is 7.88. The lowest BCUT2D eigenvalue weighted by atomic mass is 10.4. The first-order valence-electron chi connectivity index (χ1n) is 3.69. The maximum atomic E-state index is 12.3. The molecule has 0 radical (unpaired) electrons. The predicted molar refractivity (Wildman–Crippen MR) is 64.0 cm³/mol. The Morgan fingerprint density at radius 2 is 1.87 bits per heavy atom. The molecule has 0 aliphatic carbocycles. The van der Waals surface area contributed by atoms with Crippen LogP contribution in [0.25, 0.3) is 0 Å². The highest BCUT2D eigenvalue weighted by molar-refractivity contribution is 8.11. The van der Waals surface area contributed by atoms with Crippen molar-refractivity contribution in [3.8, 4) is 0 Å². The second-order valence-corrected chi connectivity index (χ2v) is 7.24. The number of sulfonamides is 1. The second-order valence-electron chi connectivity index (χ2n) is 2.70. The largest absolute Gasteiger partial charge is 0.253 e. The highest BCUT2D eigenvalue weighted by Crippen LogP contribution is 2.34. The second kappa shape index (κ2) is 6.51. The van der Waals surface area contributed by atoms with Crippen LogP contribution in [0.4, 0.5) is 4.39 Å². The Balaban J connectivity index is 4.96. The van der Waals surface area contributed by atoms with Crippen LogP contribution in [-0.2, 0) is 10.0 Å². The van der Waals surface area contributed by atoms with E-state index in [4.69, 9.17) is 34.8 Å². The summed E-state index contributed by atoms with van der Waals surface area (Å²) in [5.41, 5.74) is 0. The summed E-state index contributed by atoms with van der Waals surface area (Å²) in [6, 6.07) is -1.96. The molecular weight excluding hydrogens is 308 g/mol. The van der Waals surface area contributed by atoms with Crippen molar-refractivity contribution in [2.45, 2.75) is 19.9 Å². The Hall–Kier alpha value is 0.800. The third-order valence-electron chi connectivity index (χ3n) is 1.15. The van der Waals surface area contributed by atoms with Crippen molar-refractivity contribution in [3.63, 3.8) is 0 Å². The van der Waals surface area contributed by atoms with Gasteiger partial charge in [0.15, 0.2) is 0 Å². The molecule has 0 N–H and O–H groups in total. The third kappa shape index (κ3) is 5.10. The molecular formula is C6H9Cl3FNO2S2. The molecule has 0 saturated carbocycles. The van der Waals surface area contributed by atoms with Crippen molar-refractivity contribution in [3.05, 3.63) is 8.86 Å². The lowest BCUT2D eigenvalue weighted by Crippen LogP contribution is -2.31. The van der Waals surface area contributed by atoms with Crippen molar-refractivity contribution < 1.29 is 12.8 Å². The Bertz CT molecular complexity index is 340. The quantitative estimate of drug-likeness (QED) is 0.729. The van der Waals surface area contributed by atoms with Crippen LogP contribution >= 0.6 is 46.8 Å². The monoisotopic (exact) mass is 315 g/mol. The van der Waals surface area contributed by atoms with Gasteiger partial charge in [0.1, 0.15) is 8.86 Å². The zero-order valence-corrected chi connectivity index (χ0v) is 11.8. The van der Waals surface area contributed by atoms with Gasteiger partial charge in [0, 0.05) is 6.04 Å². The van der Waals surface area contributed by atoms with Gasteiger partial charge in [0.25, 0.3) is 10.0 Å². The average Bonchev–Trinajstić information content (AvgIpc) is 2.12. The van der Waals surface area contributed by atoms with Gasteiger partial charge in [0.05, 0.1) is 0 Å². The fraction of sp³-hybridized carbons (Fsp3) is 0.667. The predicted octanol–water partition coefficient (Wildman–Crippen LogP) is 3.44. The summed E-state index contributed by atoms with van der Waals surface area (Å²) < 4.78 is 35.2. The Kier molecular flexibility index (Phi) is 6.86. The summed E-state index contributed by atoms with van der Waals surface area (Å²) >= 11 is 16.8. The van der Waals surface area contributed by atoms with Crippen LogP contribution < -0.4 is 0 Å². The van der Waals surface area contributed by atoms with Crippen molar-refractivity contribution >= 4 is 56.8 Å². The lowest BCUT2D eigenvalue weighted by Gasteiger charge is -2.22. The van der Waals surface area contributed by atoms with Crippen molar-refractivity contribution in [1.82, 2.24) is 3.71 Å². The summed E-state index contributed by atoms with van der Waals surface area (Å²) in [4.78, 5) is 0. The highest BCUT2D eigenvalue weighted by atomic mass is 35.5. The van der Waals surface area contributed by atoms with Crippen LogP contribution in [0.15, 0.2) is 8.86 Å². The van der Waals surface area contributed by atoms with Crippen LogP contribution in [0.1, 0.15) is 13.8 Å². The number of hydrogen-bond donors (Lipinski definition) is 0. The normalized spacial score (nSPS) is 12.3. The van der Waals surface area contributed by atoms with Gasteiger partial charge in [-0.05, 0) is 25.8 Å². The first-order chi connectivity index (χ1) is 6.72. The molecule has 0 atom stereocenters. The van der Waals surface area contributed by atoms with Crippen LogP contribution in [-0.4, -0.2) is 24.2 Å². The smallest absolute Gasteiger partial charge is 0.232 e. The molecule has 0 aliphatic rings. The topological polar surface area (TPSA) is 37.4 Å². The molecule has 0 spiro atoms. The van der Waals surface area contributed by atoms with Crippen LogP contribution in [0.5, 0.6) is 0 Å². The molecule has 0 aromatic heterocycles. The van der Waals surface area contributed by atoms with E-state index in [0.717, 1.165) is 3.71 Å². The number of nitrogens with zero attached hydrogens (tertiary/aromatic N) is 1. The molecule has 90 valence electrons. The van der Waals surface area contributed by atoms with E-state index in [2.05, 4.69) is 0 Å². The minimum atomic E-state index is -3.99. The summed E-state index contributed by atoms with van der Waals surface area (Å²) in [7, 11) is -3.99. The van der Waals surface area contributed by atoms with E-state index in [0.29, 0.717) is 11.9 Å². The zero-order chi connectivity index (χ0) is 12.2. The summed E-state index contributed by atoms with van der Waals surface area (Å²) in [6.07, 6.45) is 0. The van der Waals surface area contributed by atoms with E-state index in [-0.39, 0.29) is 8.86 Å². The molecule has 0 aromatic rings. The molecule has 0 aromatic carbocycles. The Morgan fingerprint density at radius 1 is 1.40 bits per heavy atom. The molecule has 3 nitrogen and oxygen atoms in total. The molecule has 9 heteroatoms. The molecule has 15 heavy (non-hydrogen) atoms. The minimum Gasteiger partial charge on any atom is -0.232 e. The van der Waals surface area contributed by atoms with Gasteiger partial charge in [-0.25, -0.2) is 12.8 Å². The van der Waals surface area contributed by atoms with E-state index in [1.54, 1.807) is 13.8 Å². The van der Waals surface area contributed by atoms with Crippen LogP contribution in [0, 0.1) is 0 Å². The maximum Gasteiger partial charge on any atom is 0.253 e. The van der Waals surface area contributed by atoms with Crippen molar-refractivity contribution in [2.75, 3.05) is 6.01 Å². The van der Waals surface area contributed by atoms with Gasteiger partial charge < -0.3 is 0 Å². The number of hydrogen-bond acceptors (Lipinski definition) is 3. The van der Waals surface area contributed by atoms with E-state index < -0.39 is 22.1 Å². The SMILES string of the molecule is CC(C)N(SC(Cl)=C(Cl)Cl)S(=O)(=O)CF. The van der Waals surface area contributed by atoms with Crippen LogP contribution in [0.2, 0.25) is 0 Å². The van der Waals surface area contributed by atoms with Crippen LogP contribution in [0.3, 0.4) is 0 Å². The standard InChI is InChI=1S/C6H9Cl3FNO2S2/c1-4(2)11(15(12,13)3-10)14-6(9)5(7)8/h4H,3H2,1-2H3. The van der Waals surface area contributed by atoms with Gasteiger partial charge in [0.2, 0.25) is 6.01 Å². The van der Waals surface area contributed by atoms with Gasteiger partial charge >= 0.3 is 0 Å². The summed E-state index contributed by atoms with van der Waals surface area (Å²) in [6.45, 7) is 3.15. The number of alkyl halides is 1. The fourth-order valence-corrected chi connectivity index (χ4v) is 3.17. The summed E-state index contributed by atoms with van der Waals surface area (Å²) in [5.74, 6) is 0. The van der Waals surface area contributed by atoms with E-state index in [9.17, 15) is 12.8 Å². The van der Waals surface area contributed by atoms with Crippen molar-refractivity contribution in [2.24, 2.45) is 0 Å². The lowest BCUT2D eigenvalue weighted by molar-refractivity contribution is 0.470. The van der Waals surface area contributed by atoms with Gasteiger partial charge in [-0.1, -0.05) is 34.8 Å². The number of halogens is 4.